The third-order valence-electron chi connectivity index (χ3n) is 7.48. The molecule has 0 saturated carbocycles. The maximum absolute atomic E-state index is 13.1. The second-order valence-electron chi connectivity index (χ2n) is 13.2. The van der Waals surface area contributed by atoms with Gasteiger partial charge in [0.25, 0.3) is 0 Å². The van der Waals surface area contributed by atoms with Gasteiger partial charge in [0.2, 0.25) is 11.8 Å². The lowest BCUT2D eigenvalue weighted by Crippen LogP contribution is -2.54. The van der Waals surface area contributed by atoms with Crippen molar-refractivity contribution < 1.29 is 14.3 Å². The molecule has 0 heterocycles. The molecule has 0 bridgehead atoms. The minimum absolute atomic E-state index is 0.00953. The molecule has 2 N–H and O–H groups in total. The summed E-state index contributed by atoms with van der Waals surface area (Å²) in [6.45, 7) is 15.0. The lowest BCUT2D eigenvalue weighted by Gasteiger charge is -2.32. The van der Waals surface area contributed by atoms with Gasteiger partial charge in [-0.05, 0) is 103 Å². The number of carbonyl (C=O) groups is 2. The molecule has 254 valence electrons. The molecular weight excluding hydrogens is 568 g/mol. The van der Waals surface area contributed by atoms with E-state index >= 15 is 0 Å². The number of aryl methyl sites for hydroxylation is 2. The summed E-state index contributed by atoms with van der Waals surface area (Å²) in [5.74, 6) is 0.876. The Morgan fingerprint density at radius 2 is 1.28 bits per heavy atom. The molecule has 0 aliphatic heterocycles. The molecular formula is C41H62N2O3. The van der Waals surface area contributed by atoms with Crippen LogP contribution in [0.4, 0.5) is 0 Å². The zero-order chi connectivity index (χ0) is 34.1. The molecule has 5 heteroatoms. The Morgan fingerprint density at radius 1 is 0.761 bits per heavy atom. The van der Waals surface area contributed by atoms with Gasteiger partial charge in [-0.2, -0.15) is 0 Å². The number of ether oxygens (including phenoxy) is 1. The van der Waals surface area contributed by atoms with Gasteiger partial charge in [-0.3, -0.25) is 9.59 Å². The molecule has 2 amide bonds. The first kappa shape index (κ1) is 40.4. The molecule has 0 radical (unpaired) electrons. The quantitative estimate of drug-likeness (QED) is 0.0934. The predicted octanol–water partition coefficient (Wildman–Crippen LogP) is 9.98. The van der Waals surface area contributed by atoms with Crippen molar-refractivity contribution >= 4 is 11.8 Å². The Morgan fingerprint density at radius 3 is 1.83 bits per heavy atom. The summed E-state index contributed by atoms with van der Waals surface area (Å²) in [6.07, 6.45) is 34.6. The molecule has 0 spiro atoms. The highest BCUT2D eigenvalue weighted by atomic mass is 16.5. The van der Waals surface area contributed by atoms with Crippen LogP contribution in [0, 0.1) is 19.3 Å². The first-order valence-electron chi connectivity index (χ1n) is 17.2. The normalized spacial score (nSPS) is 12.9. The molecule has 1 aromatic rings. The zero-order valence-electron chi connectivity index (χ0n) is 29.9. The van der Waals surface area contributed by atoms with Crippen molar-refractivity contribution in [3.8, 4) is 5.75 Å². The minimum atomic E-state index is -0.548. The molecule has 0 aliphatic rings. The maximum atomic E-state index is 13.1. The number of rotatable bonds is 23. The average molecular weight is 631 g/mol. The van der Waals surface area contributed by atoms with E-state index in [4.69, 9.17) is 4.74 Å². The van der Waals surface area contributed by atoms with E-state index in [9.17, 15) is 9.59 Å². The standard InChI is InChI=1S/C41H62N2O3/c1-8-9-10-11-12-13-14-15-16-17-18-19-20-21-22-23-24-25-26-28-38(44)42-34-41(6,7)43-39(45)40(4,5)31-27-32-46-37-33-35(2)29-30-36(37)3/h9-10,12-13,15-16,18-19,21-22,24-25,29-30,33H,8,11,14,17,20,23,26-28,31-32,34H2,1-7H3,(H,42,44)(H,43,45)/b10-9-,13-12-,16-15-,19-18-,22-21-,25-24-. The third kappa shape index (κ3) is 20.4. The molecule has 0 saturated heterocycles. The molecule has 5 nitrogen and oxygen atoms in total. The molecule has 0 atom stereocenters. The van der Waals surface area contributed by atoms with Crippen molar-refractivity contribution in [2.45, 2.75) is 118 Å². The van der Waals surface area contributed by atoms with Crippen molar-refractivity contribution in [2.24, 2.45) is 5.41 Å². The van der Waals surface area contributed by atoms with Gasteiger partial charge in [-0.1, -0.05) is 106 Å². The Balaban J connectivity index is 2.19. The van der Waals surface area contributed by atoms with Gasteiger partial charge in [0.1, 0.15) is 5.75 Å². The number of carbonyl (C=O) groups excluding carboxylic acids is 2. The molecule has 0 aromatic heterocycles. The van der Waals surface area contributed by atoms with Crippen molar-refractivity contribution in [2.75, 3.05) is 13.2 Å². The maximum Gasteiger partial charge on any atom is 0.226 e. The fraction of sp³-hybridized carbons (Fsp3) is 0.512. The molecule has 1 aromatic carbocycles. The van der Waals surface area contributed by atoms with Crippen molar-refractivity contribution in [3.05, 3.63) is 102 Å². The second kappa shape index (κ2) is 23.7. The third-order valence-corrected chi connectivity index (χ3v) is 7.48. The highest BCUT2D eigenvalue weighted by molar-refractivity contribution is 5.82. The Hall–Kier alpha value is -3.60. The Labute approximate surface area is 281 Å². The highest BCUT2D eigenvalue weighted by Gasteiger charge is 2.31. The van der Waals surface area contributed by atoms with E-state index in [1.807, 2.05) is 40.7 Å². The van der Waals surface area contributed by atoms with Gasteiger partial charge in [-0.15, -0.1) is 0 Å². The summed E-state index contributed by atoms with van der Waals surface area (Å²) < 4.78 is 5.97. The van der Waals surface area contributed by atoms with Gasteiger partial charge in [0, 0.05) is 18.4 Å². The van der Waals surface area contributed by atoms with Gasteiger partial charge >= 0.3 is 0 Å². The van der Waals surface area contributed by atoms with Crippen LogP contribution in [0.3, 0.4) is 0 Å². The molecule has 1 rings (SSSR count). The number of amides is 2. The van der Waals surface area contributed by atoms with Gasteiger partial charge in [0.05, 0.1) is 12.1 Å². The topological polar surface area (TPSA) is 67.4 Å². The van der Waals surface area contributed by atoms with Gasteiger partial charge in [0.15, 0.2) is 0 Å². The fourth-order valence-corrected chi connectivity index (χ4v) is 4.46. The van der Waals surface area contributed by atoms with E-state index in [-0.39, 0.29) is 11.8 Å². The molecule has 0 aliphatic carbocycles. The van der Waals surface area contributed by atoms with Gasteiger partial charge < -0.3 is 15.4 Å². The molecule has 46 heavy (non-hydrogen) atoms. The number of hydrogen-bond donors (Lipinski definition) is 2. The first-order valence-corrected chi connectivity index (χ1v) is 17.2. The lowest BCUT2D eigenvalue weighted by atomic mass is 9.85. The van der Waals surface area contributed by atoms with Crippen LogP contribution in [0.1, 0.15) is 110 Å². The van der Waals surface area contributed by atoms with Gasteiger partial charge in [-0.25, -0.2) is 0 Å². The van der Waals surface area contributed by atoms with Crippen LogP contribution in [-0.4, -0.2) is 30.5 Å². The average Bonchev–Trinajstić information content (AvgIpc) is 3.01. The SMILES string of the molecule is CC/C=C\C/C=C\C/C=C\C/C=C\C/C=C\C/C=C\CCC(=O)NCC(C)(C)NC(=O)C(C)(C)CCCOc1cc(C)ccc1C. The van der Waals surface area contributed by atoms with E-state index in [0.717, 1.165) is 56.3 Å². The van der Waals surface area contributed by atoms with Crippen LogP contribution < -0.4 is 15.4 Å². The van der Waals surface area contributed by atoms with Crippen molar-refractivity contribution in [3.63, 3.8) is 0 Å². The molecule has 0 fully saturated rings. The second-order valence-corrected chi connectivity index (χ2v) is 13.2. The number of benzene rings is 1. The van der Waals surface area contributed by atoms with Crippen LogP contribution in [0.15, 0.2) is 91.1 Å². The van der Waals surface area contributed by atoms with E-state index in [1.54, 1.807) is 0 Å². The summed E-state index contributed by atoms with van der Waals surface area (Å²) in [4.78, 5) is 25.4. The Bertz CT molecular complexity index is 1200. The highest BCUT2D eigenvalue weighted by Crippen LogP contribution is 2.25. The van der Waals surface area contributed by atoms with E-state index in [2.05, 4.69) is 110 Å². The van der Waals surface area contributed by atoms with Crippen LogP contribution >= 0.6 is 0 Å². The van der Waals surface area contributed by atoms with Crippen molar-refractivity contribution in [1.82, 2.24) is 10.6 Å². The van der Waals surface area contributed by atoms with Crippen molar-refractivity contribution in [1.29, 1.82) is 0 Å². The monoisotopic (exact) mass is 630 g/mol. The van der Waals surface area contributed by atoms with Crippen LogP contribution in [0.25, 0.3) is 0 Å². The summed E-state index contributed by atoms with van der Waals surface area (Å²) in [7, 11) is 0. The zero-order valence-corrected chi connectivity index (χ0v) is 29.9. The summed E-state index contributed by atoms with van der Waals surface area (Å²) >= 11 is 0. The largest absolute Gasteiger partial charge is 0.493 e. The lowest BCUT2D eigenvalue weighted by molar-refractivity contribution is -0.132. The van der Waals surface area contributed by atoms with Crippen LogP contribution in [0.2, 0.25) is 0 Å². The smallest absolute Gasteiger partial charge is 0.226 e. The van der Waals surface area contributed by atoms with Crippen LogP contribution in [-0.2, 0) is 9.59 Å². The predicted molar refractivity (Wildman–Crippen MR) is 197 cm³/mol. The minimum Gasteiger partial charge on any atom is -0.493 e. The summed E-state index contributed by atoms with van der Waals surface area (Å²) in [5, 5.41) is 6.11. The number of allylic oxidation sites excluding steroid dienone is 12. The molecule has 0 unspecified atom stereocenters. The van der Waals surface area contributed by atoms with E-state index in [0.29, 0.717) is 32.4 Å². The first-order chi connectivity index (χ1) is 22.0. The summed E-state index contributed by atoms with van der Waals surface area (Å²) in [5.41, 5.74) is 1.20. The Kier molecular flexibility index (Phi) is 20.8. The number of hydrogen-bond acceptors (Lipinski definition) is 3. The fourth-order valence-electron chi connectivity index (χ4n) is 4.46. The van der Waals surface area contributed by atoms with Crippen LogP contribution in [0.5, 0.6) is 5.75 Å². The summed E-state index contributed by atoms with van der Waals surface area (Å²) in [6, 6.07) is 6.19. The van der Waals surface area contributed by atoms with E-state index in [1.165, 1.54) is 5.56 Å². The van der Waals surface area contributed by atoms with E-state index < -0.39 is 11.0 Å². The number of nitrogens with one attached hydrogen (secondary N) is 2.